The summed E-state index contributed by atoms with van der Waals surface area (Å²) in [5, 5.41) is 2.81. The van der Waals surface area contributed by atoms with Gasteiger partial charge in [0.05, 0.1) is 28.4 Å². The molecule has 0 saturated carbocycles. The lowest BCUT2D eigenvalue weighted by Crippen LogP contribution is -2.32. The molecule has 1 aliphatic heterocycles. The monoisotopic (exact) mass is 375 g/mol. The van der Waals surface area contributed by atoms with Crippen LogP contribution in [0.3, 0.4) is 0 Å². The van der Waals surface area contributed by atoms with Crippen LogP contribution < -0.4 is 9.62 Å². The van der Waals surface area contributed by atoms with Crippen LogP contribution >= 0.6 is 0 Å². The molecule has 138 valence electrons. The Labute approximate surface area is 153 Å². The van der Waals surface area contributed by atoms with E-state index in [4.69, 9.17) is 4.74 Å². The largest absolute Gasteiger partial charge is 0.376 e. The second-order valence-electron chi connectivity index (χ2n) is 6.06. The van der Waals surface area contributed by atoms with Crippen molar-refractivity contribution in [2.75, 3.05) is 24.5 Å². The number of aromatic nitrogens is 1. The number of ether oxygens (including phenoxy) is 1. The highest BCUT2D eigenvalue weighted by molar-refractivity contribution is 7.92. The number of sulfonamides is 1. The Morgan fingerprint density at radius 2 is 2.08 bits per heavy atom. The molecule has 26 heavy (non-hydrogen) atoms. The molecule has 0 bridgehead atoms. The van der Waals surface area contributed by atoms with Crippen LogP contribution in [0.4, 0.5) is 5.69 Å². The van der Waals surface area contributed by atoms with Crippen molar-refractivity contribution >= 4 is 21.6 Å². The van der Waals surface area contributed by atoms with Crippen LogP contribution in [-0.2, 0) is 14.8 Å². The van der Waals surface area contributed by atoms with Crippen molar-refractivity contribution in [3.63, 3.8) is 0 Å². The Hall–Kier alpha value is -2.45. The third-order valence-corrected chi connectivity index (χ3v) is 6.07. The molecule has 1 aromatic heterocycles. The number of hydrogen-bond acceptors (Lipinski definition) is 5. The van der Waals surface area contributed by atoms with Gasteiger partial charge in [0, 0.05) is 26.4 Å². The average Bonchev–Trinajstić information content (AvgIpc) is 3.20. The van der Waals surface area contributed by atoms with E-state index in [0.717, 1.165) is 23.8 Å². The second kappa shape index (κ2) is 7.84. The van der Waals surface area contributed by atoms with Crippen LogP contribution in [-0.4, -0.2) is 45.6 Å². The predicted molar refractivity (Wildman–Crippen MR) is 97.6 cm³/mol. The minimum Gasteiger partial charge on any atom is -0.376 e. The average molecular weight is 375 g/mol. The molecular weight excluding hydrogens is 354 g/mol. The summed E-state index contributed by atoms with van der Waals surface area (Å²) >= 11 is 0. The van der Waals surface area contributed by atoms with E-state index in [2.05, 4.69) is 10.3 Å². The second-order valence-corrected chi connectivity index (χ2v) is 8.03. The highest BCUT2D eigenvalue weighted by atomic mass is 32.2. The van der Waals surface area contributed by atoms with Crippen molar-refractivity contribution in [1.82, 2.24) is 10.3 Å². The van der Waals surface area contributed by atoms with Gasteiger partial charge in [-0.2, -0.15) is 0 Å². The summed E-state index contributed by atoms with van der Waals surface area (Å²) in [6.07, 6.45) is 4.79. The highest BCUT2D eigenvalue weighted by Crippen LogP contribution is 2.22. The Morgan fingerprint density at radius 1 is 1.31 bits per heavy atom. The summed E-state index contributed by atoms with van der Waals surface area (Å²) in [5.41, 5.74) is 0.620. The van der Waals surface area contributed by atoms with E-state index in [9.17, 15) is 13.2 Å². The molecule has 0 spiro atoms. The third kappa shape index (κ3) is 4.03. The van der Waals surface area contributed by atoms with Gasteiger partial charge in [-0.05, 0) is 31.0 Å². The maximum atomic E-state index is 12.7. The number of nitrogens with one attached hydrogen (secondary N) is 1. The van der Waals surface area contributed by atoms with E-state index >= 15 is 0 Å². The molecule has 1 aromatic carbocycles. The lowest BCUT2D eigenvalue weighted by Gasteiger charge is -2.19. The number of anilines is 1. The van der Waals surface area contributed by atoms with Gasteiger partial charge in [-0.3, -0.25) is 14.1 Å². The molecule has 1 atom stereocenters. The Kier molecular flexibility index (Phi) is 5.53. The van der Waals surface area contributed by atoms with E-state index in [1.165, 1.54) is 37.6 Å². The lowest BCUT2D eigenvalue weighted by molar-refractivity contribution is 0.0857. The summed E-state index contributed by atoms with van der Waals surface area (Å²) in [6.45, 7) is 1.15. The van der Waals surface area contributed by atoms with Crippen molar-refractivity contribution in [3.05, 3.63) is 54.4 Å². The van der Waals surface area contributed by atoms with Crippen molar-refractivity contribution in [1.29, 1.82) is 0 Å². The van der Waals surface area contributed by atoms with Crippen LogP contribution in [0.1, 0.15) is 23.2 Å². The topological polar surface area (TPSA) is 88.6 Å². The van der Waals surface area contributed by atoms with E-state index in [1.807, 2.05) is 0 Å². The molecule has 0 radical (unpaired) electrons. The van der Waals surface area contributed by atoms with Gasteiger partial charge in [-0.1, -0.05) is 18.2 Å². The van der Waals surface area contributed by atoms with Gasteiger partial charge in [0.2, 0.25) is 0 Å². The molecule has 1 aliphatic rings. The number of carbonyl (C=O) groups is 1. The molecule has 1 saturated heterocycles. The molecule has 1 N–H and O–H groups in total. The summed E-state index contributed by atoms with van der Waals surface area (Å²) in [7, 11) is -2.28. The molecule has 8 heteroatoms. The first kappa shape index (κ1) is 18.3. The standard InChI is InChI=1S/C18H21N3O4S/c1-21(26(23,24)17-7-3-2-4-8-17)15-10-14(11-19-12-15)18(22)20-13-16-6-5-9-25-16/h2-4,7-8,10-12,16H,5-6,9,13H2,1H3,(H,20,22). The molecule has 1 unspecified atom stereocenters. The van der Waals surface area contributed by atoms with Crippen LogP contribution in [0, 0.1) is 0 Å². The van der Waals surface area contributed by atoms with E-state index in [0.29, 0.717) is 17.8 Å². The zero-order chi connectivity index (χ0) is 18.6. The van der Waals surface area contributed by atoms with E-state index in [1.54, 1.807) is 18.2 Å². The van der Waals surface area contributed by atoms with Crippen molar-refractivity contribution in [2.24, 2.45) is 0 Å². The fourth-order valence-electron chi connectivity index (χ4n) is 2.73. The number of carbonyl (C=O) groups excluding carboxylic acids is 1. The molecule has 3 rings (SSSR count). The van der Waals surface area contributed by atoms with Gasteiger partial charge in [0.15, 0.2) is 0 Å². The van der Waals surface area contributed by atoms with E-state index < -0.39 is 10.0 Å². The molecular formula is C18H21N3O4S. The quantitative estimate of drug-likeness (QED) is 0.832. The Balaban J connectivity index is 1.74. The summed E-state index contributed by atoms with van der Waals surface area (Å²) in [4.78, 5) is 16.5. The Bertz CT molecular complexity index is 865. The van der Waals surface area contributed by atoms with Crippen LogP contribution in [0.25, 0.3) is 0 Å². The number of benzene rings is 1. The van der Waals surface area contributed by atoms with Crippen molar-refractivity contribution < 1.29 is 17.9 Å². The zero-order valence-corrected chi connectivity index (χ0v) is 15.3. The minimum absolute atomic E-state index is 0.0382. The normalized spacial score (nSPS) is 17.0. The van der Waals surface area contributed by atoms with Gasteiger partial charge in [-0.25, -0.2) is 8.42 Å². The fraction of sp³-hybridized carbons (Fsp3) is 0.333. The first-order valence-corrected chi connectivity index (χ1v) is 9.81. The number of hydrogen-bond donors (Lipinski definition) is 1. The van der Waals surface area contributed by atoms with Gasteiger partial charge >= 0.3 is 0 Å². The maximum absolute atomic E-state index is 12.7. The summed E-state index contributed by atoms with van der Waals surface area (Å²) in [6, 6.07) is 9.63. The molecule has 1 fully saturated rings. The number of amides is 1. The first-order valence-electron chi connectivity index (χ1n) is 8.37. The smallest absolute Gasteiger partial charge is 0.264 e. The molecule has 7 nitrogen and oxygen atoms in total. The molecule has 1 amide bonds. The van der Waals surface area contributed by atoms with Gasteiger partial charge < -0.3 is 10.1 Å². The summed E-state index contributed by atoms with van der Waals surface area (Å²) in [5.74, 6) is -0.305. The van der Waals surface area contributed by atoms with Crippen LogP contribution in [0.15, 0.2) is 53.7 Å². The first-order chi connectivity index (χ1) is 12.5. The van der Waals surface area contributed by atoms with E-state index in [-0.39, 0.29) is 16.9 Å². The molecule has 2 heterocycles. The molecule has 0 aliphatic carbocycles. The number of nitrogens with zero attached hydrogens (tertiary/aromatic N) is 2. The van der Waals surface area contributed by atoms with Crippen LogP contribution in [0.2, 0.25) is 0 Å². The van der Waals surface area contributed by atoms with Crippen molar-refractivity contribution in [2.45, 2.75) is 23.8 Å². The SMILES string of the molecule is CN(c1cncc(C(=O)NCC2CCCO2)c1)S(=O)(=O)c1ccccc1. The number of pyridine rings is 1. The maximum Gasteiger partial charge on any atom is 0.264 e. The lowest BCUT2D eigenvalue weighted by atomic mass is 10.2. The zero-order valence-electron chi connectivity index (χ0n) is 14.5. The molecule has 2 aromatic rings. The third-order valence-electron chi connectivity index (χ3n) is 4.27. The minimum atomic E-state index is -3.72. The predicted octanol–water partition coefficient (Wildman–Crippen LogP) is 1.82. The summed E-state index contributed by atoms with van der Waals surface area (Å²) < 4.78 is 32.0. The van der Waals surface area contributed by atoms with Gasteiger partial charge in [-0.15, -0.1) is 0 Å². The van der Waals surface area contributed by atoms with Crippen molar-refractivity contribution in [3.8, 4) is 0 Å². The Morgan fingerprint density at radius 3 is 2.77 bits per heavy atom. The fourth-order valence-corrected chi connectivity index (χ4v) is 3.92. The number of rotatable bonds is 6. The highest BCUT2D eigenvalue weighted by Gasteiger charge is 2.22. The van der Waals surface area contributed by atoms with Crippen LogP contribution in [0.5, 0.6) is 0 Å². The van der Waals surface area contributed by atoms with Gasteiger partial charge in [0.25, 0.3) is 15.9 Å². The van der Waals surface area contributed by atoms with Gasteiger partial charge in [0.1, 0.15) is 0 Å².